The summed E-state index contributed by atoms with van der Waals surface area (Å²) in [7, 11) is 0. The lowest BCUT2D eigenvalue weighted by atomic mass is 10.2. The van der Waals surface area contributed by atoms with Crippen LogP contribution in [0.2, 0.25) is 0 Å². The van der Waals surface area contributed by atoms with Crippen molar-refractivity contribution in [3.05, 3.63) is 0 Å². The van der Waals surface area contributed by atoms with Crippen molar-refractivity contribution in [3.8, 4) is 12.4 Å². The van der Waals surface area contributed by atoms with Gasteiger partial charge < -0.3 is 9.80 Å². The van der Waals surface area contributed by atoms with E-state index in [4.69, 9.17) is 10.5 Å². The van der Waals surface area contributed by atoms with Crippen LogP contribution in [0.5, 0.6) is 0 Å². The molecule has 0 atom stereocenters. The van der Waals surface area contributed by atoms with Gasteiger partial charge in [0, 0.05) is 6.54 Å². The number of rotatable bonds is 7. The summed E-state index contributed by atoms with van der Waals surface area (Å²) in [5.74, 6) is 0. The Morgan fingerprint density at radius 2 is 1.56 bits per heavy atom. The lowest BCUT2D eigenvalue weighted by molar-refractivity contribution is -0.929. The average molecular weight is 250 g/mol. The van der Waals surface area contributed by atoms with Crippen molar-refractivity contribution < 1.29 is 4.48 Å². The molecule has 1 rings (SSSR count). The number of nitrogens with zero attached hydrogens (tertiary/aromatic N) is 3. The van der Waals surface area contributed by atoms with Gasteiger partial charge in [0.1, 0.15) is 0 Å². The predicted molar refractivity (Wildman–Crippen MR) is 69.8 cm³/mol. The van der Waals surface area contributed by atoms with Gasteiger partial charge in [0.05, 0.1) is 19.6 Å². The molecule has 0 unspecified atom stereocenters. The van der Waals surface area contributed by atoms with Crippen molar-refractivity contribution in [1.82, 2.24) is 10.6 Å². The number of quaternary nitrogens is 1. The summed E-state index contributed by atoms with van der Waals surface area (Å²) < 4.78 is 1.03. The molecule has 18 heavy (non-hydrogen) atoms. The van der Waals surface area contributed by atoms with Gasteiger partial charge in [0.25, 0.3) is 0 Å². The number of hydrogen-bond donors (Lipinski definition) is 2. The third kappa shape index (κ3) is 5.25. The van der Waals surface area contributed by atoms with Crippen LogP contribution in [0.3, 0.4) is 0 Å². The van der Waals surface area contributed by atoms with Gasteiger partial charge in [-0.25, -0.2) is 0 Å². The van der Waals surface area contributed by atoms with E-state index in [1.165, 1.54) is 38.8 Å². The fourth-order valence-electron chi connectivity index (χ4n) is 2.74. The molecule has 0 aliphatic carbocycles. The second-order valence-corrected chi connectivity index (χ2v) is 5.12. The highest BCUT2D eigenvalue weighted by molar-refractivity contribution is 4.65. The first-order chi connectivity index (χ1) is 8.83. The topological polar surface area (TPSA) is 71.6 Å². The lowest BCUT2D eigenvalue weighted by Crippen LogP contribution is -2.53. The van der Waals surface area contributed by atoms with Gasteiger partial charge in [-0.1, -0.05) is 0 Å². The summed E-state index contributed by atoms with van der Waals surface area (Å²) in [5.41, 5.74) is 0. The van der Waals surface area contributed by atoms with E-state index in [9.17, 15) is 0 Å². The zero-order valence-corrected chi connectivity index (χ0v) is 11.1. The number of nitrogens with one attached hydrogen (secondary N) is 2. The van der Waals surface area contributed by atoms with E-state index in [1.807, 2.05) is 12.4 Å². The zero-order chi connectivity index (χ0) is 13.1. The van der Waals surface area contributed by atoms with Crippen LogP contribution >= 0.6 is 0 Å². The van der Waals surface area contributed by atoms with Gasteiger partial charge >= 0.3 is 0 Å². The molecular weight excluding hydrogens is 226 g/mol. The van der Waals surface area contributed by atoms with Crippen molar-refractivity contribution in [2.75, 3.05) is 32.8 Å². The van der Waals surface area contributed by atoms with Crippen molar-refractivity contribution in [2.45, 2.75) is 38.5 Å². The second-order valence-electron chi connectivity index (χ2n) is 5.12. The Hall–Kier alpha value is -1.46. The number of hydrogen-bond acceptors (Lipinski definition) is 4. The zero-order valence-electron chi connectivity index (χ0n) is 11.1. The molecule has 1 fully saturated rings. The molecule has 5 nitrogen and oxygen atoms in total. The summed E-state index contributed by atoms with van der Waals surface area (Å²) in [5, 5.41) is 22.6. The third-order valence-corrected chi connectivity index (χ3v) is 3.77. The summed E-state index contributed by atoms with van der Waals surface area (Å²) >= 11 is 0. The Labute approximate surface area is 110 Å². The number of unbranched alkanes of at least 4 members (excludes halogenated alkanes) is 1. The molecule has 1 aliphatic heterocycles. The highest BCUT2D eigenvalue weighted by Crippen LogP contribution is 2.18. The Morgan fingerprint density at radius 1 is 0.889 bits per heavy atom. The van der Waals surface area contributed by atoms with E-state index in [2.05, 4.69) is 10.6 Å². The second kappa shape index (κ2) is 8.60. The molecule has 0 saturated carbocycles. The predicted octanol–water partition coefficient (Wildman–Crippen LogP) is 1.26. The fraction of sp³-hybridized carbons (Fsp3) is 0.846. The Kier molecular flexibility index (Phi) is 6.98. The molecule has 0 aromatic rings. The molecule has 5 heteroatoms. The first-order valence-corrected chi connectivity index (χ1v) is 6.92. The molecule has 1 saturated heterocycles. The standard InChI is InChI=1S/C13H24N5/c14-11-16-7-3-6-10-18(13-17-12-15)8-4-1-2-5-9-18/h16-17H,1-10,13H2/q+1. The van der Waals surface area contributed by atoms with Gasteiger partial charge in [0.2, 0.25) is 0 Å². The molecule has 0 aromatic heterocycles. The van der Waals surface area contributed by atoms with Crippen LogP contribution in [-0.4, -0.2) is 37.3 Å². The Bertz CT molecular complexity index is 293. The van der Waals surface area contributed by atoms with Gasteiger partial charge in [-0.15, -0.1) is 0 Å². The summed E-state index contributed by atoms with van der Waals surface area (Å²) in [4.78, 5) is 0. The molecule has 1 heterocycles. The number of nitriles is 2. The lowest BCUT2D eigenvalue weighted by Gasteiger charge is -2.37. The number of likely N-dealkylation sites (tertiary alicyclic amines) is 1. The van der Waals surface area contributed by atoms with Crippen molar-refractivity contribution in [2.24, 2.45) is 0 Å². The van der Waals surface area contributed by atoms with E-state index >= 15 is 0 Å². The molecule has 0 radical (unpaired) electrons. The molecule has 100 valence electrons. The van der Waals surface area contributed by atoms with Crippen LogP contribution < -0.4 is 10.6 Å². The van der Waals surface area contributed by atoms with Gasteiger partial charge in [-0.2, -0.15) is 10.5 Å². The van der Waals surface area contributed by atoms with Crippen molar-refractivity contribution >= 4 is 0 Å². The highest BCUT2D eigenvalue weighted by Gasteiger charge is 2.27. The van der Waals surface area contributed by atoms with E-state index < -0.39 is 0 Å². The third-order valence-electron chi connectivity index (χ3n) is 3.77. The minimum atomic E-state index is 0.766. The minimum Gasteiger partial charge on any atom is -0.324 e. The maximum atomic E-state index is 8.71. The SMILES string of the molecule is N#CNCCCC[N+]1(CNC#N)CCCCCC1. The van der Waals surface area contributed by atoms with Crippen LogP contribution in [-0.2, 0) is 0 Å². The molecular formula is C13H24N5+. The largest absolute Gasteiger partial charge is 0.324 e. The normalized spacial score (nSPS) is 18.1. The van der Waals surface area contributed by atoms with Crippen LogP contribution in [0, 0.1) is 22.9 Å². The molecule has 1 aliphatic rings. The first kappa shape index (κ1) is 14.6. The van der Waals surface area contributed by atoms with Gasteiger partial charge in [-0.3, -0.25) is 5.32 Å². The van der Waals surface area contributed by atoms with Crippen LogP contribution in [0.4, 0.5) is 0 Å². The maximum Gasteiger partial charge on any atom is 0.181 e. The highest BCUT2D eigenvalue weighted by atomic mass is 15.4. The molecule has 0 aromatic carbocycles. The molecule has 2 N–H and O–H groups in total. The summed E-state index contributed by atoms with van der Waals surface area (Å²) in [6.45, 7) is 5.01. The Morgan fingerprint density at radius 3 is 2.17 bits per heavy atom. The van der Waals surface area contributed by atoms with Gasteiger partial charge in [-0.05, 0) is 38.5 Å². The average Bonchev–Trinajstić information content (AvgIpc) is 2.62. The molecule has 0 spiro atoms. The maximum absolute atomic E-state index is 8.71. The van der Waals surface area contributed by atoms with Crippen LogP contribution in [0.1, 0.15) is 38.5 Å². The monoisotopic (exact) mass is 250 g/mol. The molecule has 0 amide bonds. The van der Waals surface area contributed by atoms with E-state index in [0.29, 0.717) is 0 Å². The van der Waals surface area contributed by atoms with Crippen molar-refractivity contribution in [1.29, 1.82) is 10.5 Å². The van der Waals surface area contributed by atoms with Gasteiger partial charge in [0.15, 0.2) is 19.1 Å². The summed E-state index contributed by atoms with van der Waals surface area (Å²) in [6, 6.07) is 0. The van der Waals surface area contributed by atoms with E-state index in [1.54, 1.807) is 0 Å². The first-order valence-electron chi connectivity index (χ1n) is 6.92. The summed E-state index contributed by atoms with van der Waals surface area (Å²) in [6.07, 6.45) is 11.3. The Balaban J connectivity index is 2.38. The van der Waals surface area contributed by atoms with E-state index in [-0.39, 0.29) is 0 Å². The van der Waals surface area contributed by atoms with Crippen LogP contribution in [0.15, 0.2) is 0 Å². The quantitative estimate of drug-likeness (QED) is 0.309. The van der Waals surface area contributed by atoms with Crippen molar-refractivity contribution in [3.63, 3.8) is 0 Å². The van der Waals surface area contributed by atoms with Crippen LogP contribution in [0.25, 0.3) is 0 Å². The van der Waals surface area contributed by atoms with E-state index in [0.717, 1.165) is 37.1 Å². The molecule has 0 bridgehead atoms. The minimum absolute atomic E-state index is 0.766. The fourth-order valence-corrected chi connectivity index (χ4v) is 2.74. The smallest absolute Gasteiger partial charge is 0.181 e.